The van der Waals surface area contributed by atoms with E-state index in [2.05, 4.69) is 40.4 Å². The van der Waals surface area contributed by atoms with Crippen molar-refractivity contribution >= 4 is 14.1 Å². The summed E-state index contributed by atoms with van der Waals surface area (Å²) in [4.78, 5) is 15.1. The lowest BCUT2D eigenvalue weighted by Gasteiger charge is -2.52. The van der Waals surface area contributed by atoms with E-state index in [9.17, 15) is 10.2 Å². The van der Waals surface area contributed by atoms with Crippen molar-refractivity contribution in [3.63, 3.8) is 0 Å². The number of allylic oxidation sites excluding steroid dienone is 1. The Kier molecular flexibility index (Phi) is 8.36. The van der Waals surface area contributed by atoms with Crippen LogP contribution in [0, 0.1) is 22.7 Å². The van der Waals surface area contributed by atoms with Gasteiger partial charge in [-0.1, -0.05) is 58.9 Å². The van der Waals surface area contributed by atoms with Crippen molar-refractivity contribution in [2.75, 3.05) is 7.11 Å². The van der Waals surface area contributed by atoms with Gasteiger partial charge in [-0.2, -0.15) is 0 Å². The molecule has 6 nitrogen and oxygen atoms in total. The Labute approximate surface area is 242 Å². The third-order valence-electron chi connectivity index (χ3n) is 11.5. The van der Waals surface area contributed by atoms with Gasteiger partial charge in [0.25, 0.3) is 0 Å². The summed E-state index contributed by atoms with van der Waals surface area (Å²) in [6.45, 7) is 21.8. The first-order valence-corrected chi connectivity index (χ1v) is 17.9. The smallest absolute Gasteiger partial charge is 0.192 e. The average Bonchev–Trinajstić information content (AvgIpc) is 3.12. The molecule has 40 heavy (non-hydrogen) atoms. The number of fused-ring (bicyclic) bond motifs is 3. The highest BCUT2D eigenvalue weighted by Gasteiger charge is 2.66. The lowest BCUT2D eigenvalue weighted by atomic mass is 9.58. The minimum Gasteiger partial charge on any atom is -0.497 e. The molecule has 1 aromatic rings. The average molecular weight is 573 g/mol. The zero-order chi connectivity index (χ0) is 29.9. The maximum absolute atomic E-state index is 15.1. The molecule has 2 N–H and O–H groups in total. The molecule has 0 aliphatic heterocycles. The van der Waals surface area contributed by atoms with Crippen LogP contribution in [0.4, 0.5) is 0 Å². The molecule has 0 radical (unpaired) electrons. The van der Waals surface area contributed by atoms with E-state index in [1.807, 2.05) is 45.0 Å². The summed E-state index contributed by atoms with van der Waals surface area (Å²) in [5, 5.41) is 23.7. The van der Waals surface area contributed by atoms with Gasteiger partial charge in [0.05, 0.1) is 36.9 Å². The van der Waals surface area contributed by atoms with Crippen LogP contribution in [0.2, 0.25) is 18.1 Å². The molecule has 0 unspecified atom stereocenters. The second-order valence-corrected chi connectivity index (χ2v) is 19.6. The summed E-state index contributed by atoms with van der Waals surface area (Å²) in [5.74, 6) is 0.217. The molecule has 2 bridgehead atoms. The van der Waals surface area contributed by atoms with Crippen molar-refractivity contribution in [3.05, 3.63) is 42.0 Å². The van der Waals surface area contributed by atoms with Crippen LogP contribution >= 0.6 is 0 Å². The van der Waals surface area contributed by atoms with E-state index < -0.39 is 37.0 Å². The van der Waals surface area contributed by atoms with Crippen LogP contribution in [0.1, 0.15) is 79.2 Å². The number of ether oxygens (including phenoxy) is 2. The highest BCUT2D eigenvalue weighted by atomic mass is 28.4. The van der Waals surface area contributed by atoms with Crippen LogP contribution in [0.5, 0.6) is 5.75 Å². The summed E-state index contributed by atoms with van der Waals surface area (Å²) in [6.07, 6.45) is 0.733. The summed E-state index contributed by atoms with van der Waals surface area (Å²) in [7, 11) is -0.598. The monoisotopic (exact) mass is 572 g/mol. The van der Waals surface area contributed by atoms with Crippen molar-refractivity contribution in [2.45, 2.75) is 122 Å². The predicted octanol–water partition coefficient (Wildman–Crippen LogP) is 6.44. The Balaban J connectivity index is 1.80. The zero-order valence-corrected chi connectivity index (χ0v) is 27.2. The van der Waals surface area contributed by atoms with Gasteiger partial charge in [-0.15, -0.1) is 0 Å². The van der Waals surface area contributed by atoms with E-state index in [4.69, 9.17) is 13.9 Å². The largest absolute Gasteiger partial charge is 0.497 e. The Bertz CT molecular complexity index is 1100. The summed E-state index contributed by atoms with van der Waals surface area (Å²) in [5.41, 5.74) is -1.08. The van der Waals surface area contributed by atoms with Crippen molar-refractivity contribution in [3.8, 4) is 5.75 Å². The first kappa shape index (κ1) is 31.4. The van der Waals surface area contributed by atoms with E-state index in [0.717, 1.165) is 23.3 Å². The SMILES string of the molecule is C=C1CC[C@H](O[Si](C)(C)C(C)(C)C)[C@@]2(C)C(=O)[C@H](OCc3ccc(OC)cc3)[C@H]3CC[C@@](O)([C@@H](O)C[C@H]12)C3(C)C. The molecule has 3 aliphatic rings. The Morgan fingerprint density at radius 3 is 2.30 bits per heavy atom. The normalized spacial score (nSPS) is 36.4. The van der Waals surface area contributed by atoms with Gasteiger partial charge >= 0.3 is 0 Å². The molecule has 224 valence electrons. The van der Waals surface area contributed by atoms with E-state index in [1.165, 1.54) is 0 Å². The van der Waals surface area contributed by atoms with Crippen LogP contribution in [0.25, 0.3) is 0 Å². The molecule has 3 aliphatic carbocycles. The molecule has 7 heteroatoms. The molecule has 0 amide bonds. The van der Waals surface area contributed by atoms with Gasteiger partial charge < -0.3 is 24.1 Å². The minimum atomic E-state index is -2.23. The fraction of sp³-hybridized carbons (Fsp3) is 0.727. The molecule has 0 heterocycles. The Hall–Kier alpha value is -1.51. The second kappa shape index (κ2) is 10.6. The number of hydrogen-bond acceptors (Lipinski definition) is 6. The number of ketones is 1. The number of benzene rings is 1. The quantitative estimate of drug-likeness (QED) is 0.301. The van der Waals surface area contributed by atoms with Crippen LogP contribution in [-0.2, 0) is 20.6 Å². The van der Waals surface area contributed by atoms with Crippen molar-refractivity contribution < 1.29 is 28.9 Å². The van der Waals surface area contributed by atoms with Gasteiger partial charge in [-0.3, -0.25) is 4.79 Å². The first-order chi connectivity index (χ1) is 18.4. The fourth-order valence-electron chi connectivity index (χ4n) is 7.41. The molecule has 3 saturated carbocycles. The molecule has 7 atom stereocenters. The standard InChI is InChI=1S/C33H52O6Si/c1-21-11-16-27(39-40(9,10)30(2,3)4)32(7)25(21)19-26(34)33(36)18-17-24(31(33,5)6)28(29(32)35)38-20-22-12-14-23(37-8)15-13-22/h12-15,24-28,34,36H,1,11,16-20H2,2-10H3/t24-,25-,26+,27+,28-,32+,33-/m1/s1. The number of carbonyl (C=O) groups excluding carboxylic acids is 1. The lowest BCUT2D eigenvalue weighted by molar-refractivity contribution is -0.163. The van der Waals surface area contributed by atoms with Crippen LogP contribution in [0.3, 0.4) is 0 Å². The van der Waals surface area contributed by atoms with Gasteiger partial charge in [0, 0.05) is 11.3 Å². The fourth-order valence-corrected chi connectivity index (χ4v) is 8.83. The number of aliphatic hydroxyl groups excluding tert-OH is 1. The molecular weight excluding hydrogens is 520 g/mol. The van der Waals surface area contributed by atoms with Crippen molar-refractivity contribution in [2.24, 2.45) is 22.7 Å². The molecule has 3 fully saturated rings. The number of rotatable bonds is 6. The van der Waals surface area contributed by atoms with Crippen molar-refractivity contribution in [1.29, 1.82) is 0 Å². The number of aliphatic hydroxyl groups is 2. The summed E-state index contributed by atoms with van der Waals surface area (Å²) in [6, 6.07) is 7.69. The molecule has 4 rings (SSSR count). The first-order valence-electron chi connectivity index (χ1n) is 14.9. The number of carbonyl (C=O) groups is 1. The number of methoxy groups -OCH3 is 1. The van der Waals surface area contributed by atoms with Crippen molar-refractivity contribution in [1.82, 2.24) is 0 Å². The van der Waals surface area contributed by atoms with Gasteiger partial charge in [0.15, 0.2) is 14.1 Å². The van der Waals surface area contributed by atoms with Crippen LogP contribution < -0.4 is 4.74 Å². The van der Waals surface area contributed by atoms with Crippen LogP contribution in [0.15, 0.2) is 36.4 Å². The maximum atomic E-state index is 15.1. The third kappa shape index (κ3) is 5.04. The second-order valence-electron chi connectivity index (χ2n) is 14.9. The van der Waals surface area contributed by atoms with Gasteiger partial charge in [-0.05, 0) is 80.8 Å². The van der Waals surface area contributed by atoms with E-state index >= 15 is 4.79 Å². The zero-order valence-electron chi connectivity index (χ0n) is 26.2. The summed E-state index contributed by atoms with van der Waals surface area (Å²) < 4.78 is 19.0. The number of Topliss-reactive ketones (excluding diaryl/α,β-unsaturated/α-hetero) is 1. The molecule has 0 aromatic heterocycles. The molecular formula is C33H52O6Si. The molecule has 1 aromatic carbocycles. The lowest BCUT2D eigenvalue weighted by Crippen LogP contribution is -2.59. The minimum absolute atomic E-state index is 0.0190. The molecule has 0 spiro atoms. The maximum Gasteiger partial charge on any atom is 0.192 e. The highest BCUT2D eigenvalue weighted by molar-refractivity contribution is 6.74. The Morgan fingerprint density at radius 2 is 1.73 bits per heavy atom. The summed E-state index contributed by atoms with van der Waals surface area (Å²) >= 11 is 0. The van der Waals surface area contributed by atoms with Gasteiger partial charge in [0.1, 0.15) is 11.9 Å². The van der Waals surface area contributed by atoms with Crippen LogP contribution in [-0.4, -0.2) is 55.3 Å². The highest BCUT2D eigenvalue weighted by Crippen LogP contribution is 2.60. The topological polar surface area (TPSA) is 85.2 Å². The molecule has 0 saturated heterocycles. The van der Waals surface area contributed by atoms with E-state index in [-0.39, 0.29) is 41.8 Å². The van der Waals surface area contributed by atoms with E-state index in [0.29, 0.717) is 19.3 Å². The Morgan fingerprint density at radius 1 is 1.10 bits per heavy atom. The van der Waals surface area contributed by atoms with Gasteiger partial charge in [0.2, 0.25) is 0 Å². The van der Waals surface area contributed by atoms with E-state index in [1.54, 1.807) is 7.11 Å². The van der Waals surface area contributed by atoms with Gasteiger partial charge in [-0.25, -0.2) is 0 Å². The number of hydrogen-bond donors (Lipinski definition) is 2. The third-order valence-corrected chi connectivity index (χ3v) is 16.0. The predicted molar refractivity (Wildman–Crippen MR) is 161 cm³/mol.